The summed E-state index contributed by atoms with van der Waals surface area (Å²) >= 11 is 12.1. The highest BCUT2D eigenvalue weighted by molar-refractivity contribution is 14.1. The van der Waals surface area contributed by atoms with Gasteiger partial charge in [0.15, 0.2) is 8.44 Å². The van der Waals surface area contributed by atoms with Crippen molar-refractivity contribution in [1.82, 2.24) is 25.6 Å². The standard InChI is InChI=1S/2C11H14F3N3O.C10H12F3N.C9H12BrN.C8H12BrN.C8H11BrO.C8H11IO/c2*12-11(13,14)8-2-4-9(5-3-8)17-10(18)16-7-1-6-15;1-9(2,3)8-5-4-7(6-14-8)10(11,12)13;1-9(2,3)7-5-4-6-8(10)11-7;3*1-8(2,3)6-4-5-7(9)10-6/h2*2-5H,1,6-7,15H2,(H2,16,17,18);4-6H,1-3H3;4-6H,1-3H3;4-5,10H,1-3H3;2*4-5H,1-3H3. The largest absolute Gasteiger partial charge is 0.455 e. The van der Waals surface area contributed by atoms with Crippen molar-refractivity contribution < 1.29 is 57.9 Å². The third kappa shape index (κ3) is 35.4. The number of alkyl halides is 9. The molecular formula is C65H86Br3F9IN9O4. The monoisotopic (exact) mass is 1590 g/mol. The van der Waals surface area contributed by atoms with Crippen molar-refractivity contribution in [3.63, 3.8) is 0 Å². The first-order chi connectivity index (χ1) is 41.6. The Morgan fingerprint density at radius 3 is 1.16 bits per heavy atom. The number of anilines is 2. The van der Waals surface area contributed by atoms with Gasteiger partial charge in [-0.1, -0.05) is 110 Å². The smallest absolute Gasteiger partial charge is 0.417 e. The zero-order valence-electron chi connectivity index (χ0n) is 53.9. The molecule has 0 fully saturated rings. The Bertz CT molecular complexity index is 2980. The van der Waals surface area contributed by atoms with Gasteiger partial charge in [0.1, 0.15) is 16.1 Å². The first kappa shape index (κ1) is 83.6. The second-order valence-corrected chi connectivity index (χ2v) is 28.7. The maximum absolute atomic E-state index is 12.3. The minimum absolute atomic E-state index is 0.117. The van der Waals surface area contributed by atoms with Crippen molar-refractivity contribution in [2.45, 2.75) is 162 Å². The number of benzene rings is 2. The van der Waals surface area contributed by atoms with E-state index in [1.54, 1.807) is 0 Å². The van der Waals surface area contributed by atoms with Crippen molar-refractivity contribution in [2.24, 2.45) is 11.5 Å². The van der Waals surface area contributed by atoms with E-state index >= 15 is 0 Å². The third-order valence-corrected chi connectivity index (χ3v) is 13.6. The fourth-order valence-corrected chi connectivity index (χ4v) is 7.93. The molecule has 91 heavy (non-hydrogen) atoms. The second kappa shape index (κ2) is 37.5. The molecule has 0 saturated heterocycles. The number of amides is 4. The summed E-state index contributed by atoms with van der Waals surface area (Å²) in [6, 6.07) is 28.0. The van der Waals surface area contributed by atoms with Gasteiger partial charge in [0.25, 0.3) is 0 Å². The fraction of sp³-hybridized carbons (Fsp3) is 0.446. The van der Waals surface area contributed by atoms with E-state index in [-0.39, 0.29) is 27.1 Å². The van der Waals surface area contributed by atoms with Crippen LogP contribution < -0.4 is 32.7 Å². The minimum atomic E-state index is -4.37. The molecule has 9 N–H and O–H groups in total. The van der Waals surface area contributed by atoms with E-state index in [2.05, 4.69) is 196 Å². The zero-order valence-corrected chi connectivity index (χ0v) is 60.8. The highest BCUT2D eigenvalue weighted by Crippen LogP contribution is 2.33. The molecule has 5 aromatic heterocycles. The van der Waals surface area contributed by atoms with Crippen LogP contribution in [-0.4, -0.2) is 53.2 Å². The molecule has 0 unspecified atom stereocenters. The molecule has 13 nitrogen and oxygen atoms in total. The molecule has 0 bridgehead atoms. The number of aromatic nitrogens is 3. The molecular weight excluding hydrogens is 1510 g/mol. The lowest BCUT2D eigenvalue weighted by Crippen LogP contribution is -2.30. The summed E-state index contributed by atoms with van der Waals surface area (Å²) in [5.41, 5.74) is 12.3. The average Bonchev–Trinajstić information content (AvgIpc) is 2.03. The van der Waals surface area contributed by atoms with E-state index in [0.29, 0.717) is 56.1 Å². The van der Waals surface area contributed by atoms with E-state index in [1.807, 2.05) is 69.3 Å². The Morgan fingerprint density at radius 2 is 0.912 bits per heavy atom. The van der Waals surface area contributed by atoms with Gasteiger partial charge < -0.3 is 46.6 Å². The van der Waals surface area contributed by atoms with E-state index in [0.717, 1.165) is 71.4 Å². The van der Waals surface area contributed by atoms with Gasteiger partial charge in [0, 0.05) is 74.8 Å². The molecule has 0 aliphatic heterocycles. The van der Waals surface area contributed by atoms with Crippen LogP contribution in [0.15, 0.2) is 144 Å². The number of pyridine rings is 2. The number of furan rings is 2. The molecule has 2 aromatic carbocycles. The molecule has 7 aromatic rings. The average molecular weight is 1600 g/mol. The Hall–Kier alpha value is -5.42. The second-order valence-electron chi connectivity index (χ2n) is 25.1. The molecule has 0 aliphatic carbocycles. The van der Waals surface area contributed by atoms with Crippen LogP contribution in [0.2, 0.25) is 0 Å². The maximum Gasteiger partial charge on any atom is 0.417 e. The summed E-state index contributed by atoms with van der Waals surface area (Å²) in [7, 11) is 0. The molecule has 506 valence electrons. The summed E-state index contributed by atoms with van der Waals surface area (Å²) < 4.78 is 125. The first-order valence-corrected chi connectivity index (χ1v) is 31.9. The van der Waals surface area contributed by atoms with Crippen molar-refractivity contribution in [3.8, 4) is 0 Å². The summed E-state index contributed by atoms with van der Waals surface area (Å²) in [5, 5.41) is 9.89. The minimum Gasteiger partial charge on any atom is -0.455 e. The van der Waals surface area contributed by atoms with Gasteiger partial charge in [-0.15, -0.1) is 0 Å². The molecule has 7 rings (SSSR count). The normalized spacial score (nSPS) is 11.8. The number of rotatable bonds is 8. The number of hydrogen-bond acceptors (Lipinski definition) is 8. The van der Waals surface area contributed by atoms with Gasteiger partial charge in [-0.2, -0.15) is 39.5 Å². The van der Waals surface area contributed by atoms with Gasteiger partial charge in [-0.05, 0) is 206 Å². The van der Waals surface area contributed by atoms with Crippen LogP contribution in [0.5, 0.6) is 0 Å². The lowest BCUT2D eigenvalue weighted by molar-refractivity contribution is -0.138. The predicted molar refractivity (Wildman–Crippen MR) is 365 cm³/mol. The number of nitrogens with two attached hydrogens (primary N) is 2. The lowest BCUT2D eigenvalue weighted by Gasteiger charge is -2.17. The molecule has 0 spiro atoms. The topological polar surface area (TPSA) is 202 Å². The van der Waals surface area contributed by atoms with Crippen LogP contribution in [0.1, 0.15) is 162 Å². The number of urea groups is 2. The molecule has 0 radical (unpaired) electrons. The van der Waals surface area contributed by atoms with Crippen LogP contribution in [0.4, 0.5) is 60.5 Å². The third-order valence-electron chi connectivity index (χ3n) is 11.7. The van der Waals surface area contributed by atoms with Gasteiger partial charge in [-0.3, -0.25) is 4.98 Å². The van der Waals surface area contributed by atoms with Gasteiger partial charge in [0.05, 0.1) is 21.3 Å². The quantitative estimate of drug-likeness (QED) is 0.0337. The van der Waals surface area contributed by atoms with Crippen LogP contribution in [-0.2, 0) is 45.6 Å². The number of nitrogens with zero attached hydrogens (tertiary/aromatic N) is 2. The highest BCUT2D eigenvalue weighted by Gasteiger charge is 2.32. The van der Waals surface area contributed by atoms with Crippen LogP contribution >= 0.6 is 70.4 Å². The number of H-pyrrole nitrogens is 1. The Labute approximate surface area is 568 Å². The molecule has 26 heteroatoms. The zero-order chi connectivity index (χ0) is 70.0. The first-order valence-electron chi connectivity index (χ1n) is 28.5. The molecule has 0 aliphatic rings. The van der Waals surface area contributed by atoms with Crippen molar-refractivity contribution >= 4 is 93.8 Å². The van der Waals surface area contributed by atoms with Crippen molar-refractivity contribution in [1.29, 1.82) is 0 Å². The number of carbonyl (C=O) groups excluding carboxylic acids is 2. The highest BCUT2D eigenvalue weighted by atomic mass is 127. The number of aromatic amines is 1. The van der Waals surface area contributed by atoms with Gasteiger partial charge in [0.2, 0.25) is 0 Å². The summed E-state index contributed by atoms with van der Waals surface area (Å²) in [6.07, 6.45) is -10.9. The Balaban J connectivity index is 0.000000538. The van der Waals surface area contributed by atoms with E-state index in [9.17, 15) is 49.1 Å². The Kier molecular flexibility index (Phi) is 34.4. The van der Waals surface area contributed by atoms with Crippen LogP contribution in [0, 0.1) is 3.77 Å². The Morgan fingerprint density at radius 1 is 0.495 bits per heavy atom. The predicted octanol–water partition coefficient (Wildman–Crippen LogP) is 20.5. The maximum atomic E-state index is 12.3. The molecule has 4 amide bonds. The van der Waals surface area contributed by atoms with Crippen molar-refractivity contribution in [2.75, 3.05) is 36.8 Å². The molecule has 0 atom stereocenters. The number of nitrogens with one attached hydrogen (secondary N) is 5. The summed E-state index contributed by atoms with van der Waals surface area (Å²) in [6.45, 7) is 33.3. The molecule has 5 heterocycles. The van der Waals surface area contributed by atoms with Crippen molar-refractivity contribution in [3.05, 3.63) is 184 Å². The van der Waals surface area contributed by atoms with Crippen LogP contribution in [0.25, 0.3) is 0 Å². The van der Waals surface area contributed by atoms with Crippen LogP contribution in [0.3, 0.4) is 0 Å². The lowest BCUT2D eigenvalue weighted by atomic mass is 9.91. The van der Waals surface area contributed by atoms with E-state index < -0.39 is 47.3 Å². The number of carbonyl (C=O) groups is 2. The molecule has 0 saturated carbocycles. The van der Waals surface area contributed by atoms with E-state index in [1.165, 1.54) is 36.0 Å². The van der Waals surface area contributed by atoms with E-state index in [4.69, 9.17) is 20.3 Å². The summed E-state index contributed by atoms with van der Waals surface area (Å²) in [4.78, 5) is 34.0. The number of hydrogen-bond donors (Lipinski definition) is 7. The number of halogens is 13. The SMILES string of the molecule is CC(C)(C)c1ccc(Br)[nH]1.CC(C)(C)c1ccc(Br)o1.CC(C)(C)c1ccc(C(F)(F)F)cn1.CC(C)(C)c1ccc(I)o1.CC(C)(C)c1cccc(Br)n1.NCCCNC(=O)Nc1ccc(C(F)(F)F)cc1.NCCCNC(=O)Nc1ccc(C(F)(F)F)cc1. The van der Waals surface area contributed by atoms with Gasteiger partial charge in [-0.25, -0.2) is 14.6 Å². The van der Waals surface area contributed by atoms with Gasteiger partial charge >= 0.3 is 30.6 Å². The fourth-order valence-electron chi connectivity index (χ4n) is 6.52. The summed E-state index contributed by atoms with van der Waals surface area (Å²) in [5.74, 6) is 2.07.